The molecule has 0 fully saturated rings. The highest BCUT2D eigenvalue weighted by Crippen LogP contribution is 2.10. The minimum absolute atomic E-state index is 0.0227. The zero-order valence-electron chi connectivity index (χ0n) is 9.61. The van der Waals surface area contributed by atoms with Gasteiger partial charge in [0.15, 0.2) is 0 Å². The fourth-order valence-corrected chi connectivity index (χ4v) is 0.926. The van der Waals surface area contributed by atoms with Gasteiger partial charge >= 0.3 is 6.09 Å². The number of likely N-dealkylation sites (N-methyl/N-ethyl adjacent to an activating group) is 1. The second kappa shape index (κ2) is 4.97. The highest BCUT2D eigenvalue weighted by Gasteiger charge is 2.27. The molecule has 0 aromatic rings. The zero-order chi connectivity index (χ0) is 12.2. The molecule has 1 atom stereocenters. The number of primary amides is 1. The van der Waals surface area contributed by atoms with Gasteiger partial charge in [-0.05, 0) is 20.8 Å². The van der Waals surface area contributed by atoms with Crippen molar-refractivity contribution in [2.75, 3.05) is 13.6 Å². The smallest absolute Gasteiger partial charge is 0.410 e. The van der Waals surface area contributed by atoms with Crippen LogP contribution >= 0.6 is 0 Å². The van der Waals surface area contributed by atoms with E-state index in [1.165, 1.54) is 7.05 Å². The summed E-state index contributed by atoms with van der Waals surface area (Å²) in [6.07, 6.45) is -0.614. The Labute approximate surface area is 89.5 Å². The third-order valence-corrected chi connectivity index (χ3v) is 1.70. The number of carbonyl (C=O) groups excluding carboxylic acids is 2. The first-order valence-corrected chi connectivity index (χ1v) is 4.64. The molecule has 0 aromatic heterocycles. The van der Waals surface area contributed by atoms with Crippen molar-refractivity contribution >= 4 is 12.0 Å². The molecule has 0 rings (SSSR count). The Kier molecular flexibility index (Phi) is 4.54. The van der Waals surface area contributed by atoms with Crippen molar-refractivity contribution in [3.8, 4) is 0 Å². The molecule has 88 valence electrons. The second-order valence-corrected chi connectivity index (χ2v) is 4.25. The minimum Gasteiger partial charge on any atom is -0.444 e. The summed E-state index contributed by atoms with van der Waals surface area (Å²) in [5.41, 5.74) is 9.80. The average Bonchev–Trinajstić information content (AvgIpc) is 2.01. The maximum atomic E-state index is 11.5. The largest absolute Gasteiger partial charge is 0.444 e. The molecule has 0 aliphatic heterocycles. The number of rotatable bonds is 3. The van der Waals surface area contributed by atoms with Crippen molar-refractivity contribution in [3.05, 3.63) is 0 Å². The molecular formula is C9H19N3O3. The third kappa shape index (κ3) is 4.64. The van der Waals surface area contributed by atoms with Gasteiger partial charge in [0, 0.05) is 13.6 Å². The van der Waals surface area contributed by atoms with Crippen LogP contribution in [0.3, 0.4) is 0 Å². The van der Waals surface area contributed by atoms with E-state index in [9.17, 15) is 9.59 Å². The van der Waals surface area contributed by atoms with E-state index < -0.39 is 23.6 Å². The van der Waals surface area contributed by atoms with Gasteiger partial charge in [-0.15, -0.1) is 0 Å². The first-order chi connectivity index (χ1) is 6.69. The van der Waals surface area contributed by atoms with E-state index in [-0.39, 0.29) is 6.54 Å². The SMILES string of the molecule is CN(C(=O)OC(C)(C)C)[C@@H](CN)C(N)=O. The first-order valence-electron chi connectivity index (χ1n) is 4.64. The van der Waals surface area contributed by atoms with Crippen molar-refractivity contribution in [3.63, 3.8) is 0 Å². The number of hydrogen-bond donors (Lipinski definition) is 2. The summed E-state index contributed by atoms with van der Waals surface area (Å²) in [6.45, 7) is 5.19. The van der Waals surface area contributed by atoms with Crippen molar-refractivity contribution in [2.45, 2.75) is 32.4 Å². The van der Waals surface area contributed by atoms with E-state index in [4.69, 9.17) is 16.2 Å². The molecule has 0 radical (unpaired) electrons. The van der Waals surface area contributed by atoms with Gasteiger partial charge in [0.25, 0.3) is 0 Å². The normalized spacial score (nSPS) is 13.1. The summed E-state index contributed by atoms with van der Waals surface area (Å²) in [5, 5.41) is 0. The topological polar surface area (TPSA) is 98.7 Å². The predicted molar refractivity (Wildman–Crippen MR) is 56.0 cm³/mol. The molecule has 6 heteroatoms. The van der Waals surface area contributed by atoms with E-state index >= 15 is 0 Å². The second-order valence-electron chi connectivity index (χ2n) is 4.25. The van der Waals surface area contributed by atoms with Crippen LogP contribution in [0.2, 0.25) is 0 Å². The quantitative estimate of drug-likeness (QED) is 0.676. The molecule has 0 unspecified atom stereocenters. The predicted octanol–water partition coefficient (Wildman–Crippen LogP) is -0.334. The van der Waals surface area contributed by atoms with Gasteiger partial charge in [-0.3, -0.25) is 9.69 Å². The summed E-state index contributed by atoms with van der Waals surface area (Å²) in [4.78, 5) is 23.5. The van der Waals surface area contributed by atoms with Crippen LogP contribution in [0.4, 0.5) is 4.79 Å². The van der Waals surface area contributed by atoms with Crippen molar-refractivity contribution in [1.82, 2.24) is 4.90 Å². The molecule has 0 aromatic carbocycles. The van der Waals surface area contributed by atoms with Gasteiger partial charge < -0.3 is 16.2 Å². The summed E-state index contributed by atoms with van der Waals surface area (Å²) < 4.78 is 5.06. The Bertz CT molecular complexity index is 247. The lowest BCUT2D eigenvalue weighted by Gasteiger charge is -2.28. The Balaban J connectivity index is 4.49. The number of ether oxygens (including phenoxy) is 1. The third-order valence-electron chi connectivity index (χ3n) is 1.70. The molecule has 0 aliphatic rings. The van der Waals surface area contributed by atoms with E-state index in [0.29, 0.717) is 0 Å². The maximum Gasteiger partial charge on any atom is 0.410 e. The standard InChI is InChI=1S/C9H19N3O3/c1-9(2,3)15-8(14)12(4)6(5-10)7(11)13/h6H,5,10H2,1-4H3,(H2,11,13)/t6-/m0/s1. The Hall–Kier alpha value is -1.30. The van der Waals surface area contributed by atoms with Crippen LogP contribution in [0.1, 0.15) is 20.8 Å². The van der Waals surface area contributed by atoms with Gasteiger partial charge in [-0.2, -0.15) is 0 Å². The Morgan fingerprint density at radius 1 is 1.40 bits per heavy atom. The molecule has 0 spiro atoms. The van der Waals surface area contributed by atoms with Crippen LogP contribution in [0.5, 0.6) is 0 Å². The fraction of sp³-hybridized carbons (Fsp3) is 0.778. The number of amides is 2. The lowest BCUT2D eigenvalue weighted by Crippen LogP contribution is -2.51. The molecule has 2 amide bonds. The molecule has 15 heavy (non-hydrogen) atoms. The van der Waals surface area contributed by atoms with Gasteiger partial charge in [0.2, 0.25) is 5.91 Å². The van der Waals surface area contributed by atoms with Gasteiger partial charge in [-0.25, -0.2) is 4.79 Å². The molecular weight excluding hydrogens is 198 g/mol. The summed E-state index contributed by atoms with van der Waals surface area (Å²) in [5.74, 6) is -0.647. The summed E-state index contributed by atoms with van der Waals surface area (Å²) in [7, 11) is 1.43. The van der Waals surface area contributed by atoms with E-state index in [1.54, 1.807) is 20.8 Å². The monoisotopic (exact) mass is 217 g/mol. The first kappa shape index (κ1) is 13.7. The Morgan fingerprint density at radius 3 is 2.13 bits per heavy atom. The molecule has 0 saturated carbocycles. The minimum atomic E-state index is -0.833. The molecule has 0 heterocycles. The number of carbonyl (C=O) groups is 2. The molecule has 0 bridgehead atoms. The van der Waals surface area contributed by atoms with Crippen LogP contribution in [0.15, 0.2) is 0 Å². The van der Waals surface area contributed by atoms with Crippen LogP contribution in [0.25, 0.3) is 0 Å². The summed E-state index contributed by atoms with van der Waals surface area (Å²) >= 11 is 0. The number of nitrogens with two attached hydrogens (primary N) is 2. The van der Waals surface area contributed by atoms with Gasteiger partial charge in [-0.1, -0.05) is 0 Å². The number of nitrogens with zero attached hydrogens (tertiary/aromatic N) is 1. The molecule has 0 aliphatic carbocycles. The zero-order valence-corrected chi connectivity index (χ0v) is 9.61. The highest BCUT2D eigenvalue weighted by molar-refractivity contribution is 5.84. The molecule has 6 nitrogen and oxygen atoms in total. The van der Waals surface area contributed by atoms with Gasteiger partial charge in [0.1, 0.15) is 11.6 Å². The molecule has 4 N–H and O–H groups in total. The maximum absolute atomic E-state index is 11.5. The van der Waals surface area contributed by atoms with Gasteiger partial charge in [0.05, 0.1) is 0 Å². The van der Waals surface area contributed by atoms with Crippen LogP contribution < -0.4 is 11.5 Å². The van der Waals surface area contributed by atoms with Crippen LogP contribution in [0, 0.1) is 0 Å². The highest BCUT2D eigenvalue weighted by atomic mass is 16.6. The van der Waals surface area contributed by atoms with E-state index in [0.717, 1.165) is 4.90 Å². The van der Waals surface area contributed by atoms with Crippen molar-refractivity contribution < 1.29 is 14.3 Å². The van der Waals surface area contributed by atoms with Crippen molar-refractivity contribution in [2.24, 2.45) is 11.5 Å². The molecule has 0 saturated heterocycles. The van der Waals surface area contributed by atoms with Crippen LogP contribution in [-0.4, -0.2) is 42.1 Å². The lowest BCUT2D eigenvalue weighted by atomic mass is 10.2. The van der Waals surface area contributed by atoms with E-state index in [2.05, 4.69) is 0 Å². The van der Waals surface area contributed by atoms with Crippen LogP contribution in [-0.2, 0) is 9.53 Å². The van der Waals surface area contributed by atoms with E-state index in [1.807, 2.05) is 0 Å². The Morgan fingerprint density at radius 2 is 1.87 bits per heavy atom. The van der Waals surface area contributed by atoms with Crippen molar-refractivity contribution in [1.29, 1.82) is 0 Å². The number of hydrogen-bond acceptors (Lipinski definition) is 4. The summed E-state index contributed by atoms with van der Waals surface area (Å²) in [6, 6.07) is -0.833. The fourth-order valence-electron chi connectivity index (χ4n) is 0.926. The lowest BCUT2D eigenvalue weighted by molar-refractivity contribution is -0.122. The average molecular weight is 217 g/mol.